The zero-order valence-electron chi connectivity index (χ0n) is 10.2. The zero-order chi connectivity index (χ0) is 12.0. The van der Waals surface area contributed by atoms with Gasteiger partial charge in [0.15, 0.2) is 0 Å². The van der Waals surface area contributed by atoms with Crippen molar-refractivity contribution in [1.29, 1.82) is 0 Å². The standard InChI is InChI=1S/C11H19BrN2O/c1-10(2,3)8-7(12)9(15)14(13-8)11(4,5)6/h13H,1-6H3. The van der Waals surface area contributed by atoms with Gasteiger partial charge in [-0.25, -0.2) is 4.68 Å². The predicted octanol–water partition coefficient (Wildman–Crippen LogP) is 2.99. The molecule has 0 unspecified atom stereocenters. The van der Waals surface area contributed by atoms with E-state index in [1.807, 2.05) is 20.8 Å². The van der Waals surface area contributed by atoms with Crippen LogP contribution in [0.3, 0.4) is 0 Å². The minimum atomic E-state index is -0.219. The lowest BCUT2D eigenvalue weighted by molar-refractivity contribution is 0.339. The minimum absolute atomic E-state index is 0.00688. The van der Waals surface area contributed by atoms with E-state index in [1.54, 1.807) is 4.68 Å². The lowest BCUT2D eigenvalue weighted by Gasteiger charge is -2.21. The Hall–Kier alpha value is -0.510. The maximum absolute atomic E-state index is 12.0. The quantitative estimate of drug-likeness (QED) is 0.776. The van der Waals surface area contributed by atoms with Crippen molar-refractivity contribution in [2.45, 2.75) is 52.5 Å². The van der Waals surface area contributed by atoms with E-state index >= 15 is 0 Å². The molecule has 15 heavy (non-hydrogen) atoms. The van der Waals surface area contributed by atoms with Crippen LogP contribution in [-0.2, 0) is 11.0 Å². The smallest absolute Gasteiger partial charge is 0.281 e. The summed E-state index contributed by atoms with van der Waals surface area (Å²) in [7, 11) is 0. The molecule has 0 aliphatic heterocycles. The molecule has 1 aromatic heterocycles. The Labute approximate surface area is 99.0 Å². The van der Waals surface area contributed by atoms with Gasteiger partial charge >= 0.3 is 0 Å². The van der Waals surface area contributed by atoms with Crippen LogP contribution in [0.2, 0.25) is 0 Å². The van der Waals surface area contributed by atoms with E-state index in [4.69, 9.17) is 0 Å². The summed E-state index contributed by atoms with van der Waals surface area (Å²) in [4.78, 5) is 12.0. The van der Waals surface area contributed by atoms with Crippen LogP contribution in [0.25, 0.3) is 0 Å². The van der Waals surface area contributed by atoms with Gasteiger partial charge in [-0.1, -0.05) is 20.8 Å². The third-order valence-corrected chi connectivity index (χ3v) is 2.99. The molecule has 0 radical (unpaired) electrons. The first-order valence-corrected chi connectivity index (χ1v) is 5.86. The van der Waals surface area contributed by atoms with Crippen LogP contribution in [0.4, 0.5) is 0 Å². The number of hydrogen-bond acceptors (Lipinski definition) is 1. The fraction of sp³-hybridized carbons (Fsp3) is 0.727. The van der Waals surface area contributed by atoms with E-state index in [9.17, 15) is 4.79 Å². The van der Waals surface area contributed by atoms with Crippen LogP contribution < -0.4 is 5.56 Å². The first kappa shape index (κ1) is 12.6. The highest BCUT2D eigenvalue weighted by atomic mass is 79.9. The fourth-order valence-electron chi connectivity index (χ4n) is 1.39. The van der Waals surface area contributed by atoms with Gasteiger partial charge in [-0.3, -0.25) is 9.89 Å². The highest BCUT2D eigenvalue weighted by Gasteiger charge is 2.26. The average Bonchev–Trinajstić information content (AvgIpc) is 2.26. The summed E-state index contributed by atoms with van der Waals surface area (Å²) in [6.07, 6.45) is 0. The third kappa shape index (κ3) is 2.36. The summed E-state index contributed by atoms with van der Waals surface area (Å²) in [6, 6.07) is 0. The number of aromatic nitrogens is 2. The van der Waals surface area contributed by atoms with E-state index in [0.717, 1.165) is 5.69 Å². The minimum Gasteiger partial charge on any atom is -0.297 e. The van der Waals surface area contributed by atoms with Gasteiger partial charge in [0.25, 0.3) is 5.56 Å². The predicted molar refractivity (Wildman–Crippen MR) is 66.4 cm³/mol. The van der Waals surface area contributed by atoms with Crippen LogP contribution in [0.5, 0.6) is 0 Å². The van der Waals surface area contributed by atoms with E-state index in [1.165, 1.54) is 0 Å². The van der Waals surface area contributed by atoms with Crippen molar-refractivity contribution in [1.82, 2.24) is 9.78 Å². The molecule has 1 heterocycles. The summed E-state index contributed by atoms with van der Waals surface area (Å²) < 4.78 is 2.31. The van der Waals surface area contributed by atoms with Crippen molar-refractivity contribution in [3.63, 3.8) is 0 Å². The Morgan fingerprint density at radius 1 is 1.13 bits per heavy atom. The lowest BCUT2D eigenvalue weighted by atomic mass is 9.93. The molecular formula is C11H19BrN2O. The molecule has 0 aliphatic carbocycles. The summed E-state index contributed by atoms with van der Waals surface area (Å²) in [6.45, 7) is 12.2. The van der Waals surface area contributed by atoms with E-state index < -0.39 is 0 Å². The molecule has 1 aromatic rings. The first-order chi connectivity index (χ1) is 6.55. The third-order valence-electron chi connectivity index (χ3n) is 2.25. The second-order valence-corrected chi connectivity index (χ2v) is 6.66. The molecule has 3 nitrogen and oxygen atoms in total. The summed E-state index contributed by atoms with van der Waals surface area (Å²) >= 11 is 3.36. The lowest BCUT2D eigenvalue weighted by Crippen LogP contribution is -2.32. The zero-order valence-corrected chi connectivity index (χ0v) is 11.8. The van der Waals surface area contributed by atoms with Crippen molar-refractivity contribution >= 4 is 15.9 Å². The Bertz CT molecular complexity index is 415. The van der Waals surface area contributed by atoms with E-state index in [0.29, 0.717) is 4.47 Å². The molecule has 1 N–H and O–H groups in total. The normalized spacial score (nSPS) is 13.3. The number of hydrogen-bond donors (Lipinski definition) is 1. The van der Waals surface area contributed by atoms with Crippen LogP contribution in [-0.4, -0.2) is 9.78 Å². The Kier molecular flexibility index (Phi) is 2.94. The van der Waals surface area contributed by atoms with Crippen molar-refractivity contribution in [3.8, 4) is 0 Å². The van der Waals surface area contributed by atoms with Crippen molar-refractivity contribution in [2.75, 3.05) is 0 Å². The molecule has 0 atom stereocenters. The molecule has 0 fully saturated rings. The number of aromatic amines is 1. The van der Waals surface area contributed by atoms with Gasteiger partial charge in [0.05, 0.1) is 11.2 Å². The molecule has 0 aromatic carbocycles. The second-order valence-electron chi connectivity index (χ2n) is 5.86. The summed E-state index contributed by atoms with van der Waals surface area (Å²) in [5.41, 5.74) is 0.673. The Morgan fingerprint density at radius 3 is 1.80 bits per heavy atom. The molecule has 0 saturated heterocycles. The van der Waals surface area contributed by atoms with Gasteiger partial charge in [0.2, 0.25) is 0 Å². The monoisotopic (exact) mass is 274 g/mol. The SMILES string of the molecule is CC(C)(C)c1[nH]n(C(C)(C)C)c(=O)c1Br. The number of halogens is 1. The fourth-order valence-corrected chi connectivity index (χ4v) is 2.25. The highest BCUT2D eigenvalue weighted by molar-refractivity contribution is 9.10. The van der Waals surface area contributed by atoms with Crippen molar-refractivity contribution < 1.29 is 0 Å². The molecule has 0 aliphatic rings. The van der Waals surface area contributed by atoms with Gasteiger partial charge in [0.1, 0.15) is 4.47 Å². The van der Waals surface area contributed by atoms with Crippen LogP contribution in [0, 0.1) is 0 Å². The van der Waals surface area contributed by atoms with Crippen molar-refractivity contribution in [2.24, 2.45) is 0 Å². The number of nitrogens with zero attached hydrogens (tertiary/aromatic N) is 1. The molecule has 0 saturated carbocycles. The van der Waals surface area contributed by atoms with E-state index in [-0.39, 0.29) is 16.5 Å². The van der Waals surface area contributed by atoms with Crippen molar-refractivity contribution in [3.05, 3.63) is 20.5 Å². The number of nitrogens with one attached hydrogen (secondary N) is 1. The van der Waals surface area contributed by atoms with E-state index in [2.05, 4.69) is 41.8 Å². The Morgan fingerprint density at radius 2 is 1.60 bits per heavy atom. The molecular weight excluding hydrogens is 256 g/mol. The molecule has 0 bridgehead atoms. The van der Waals surface area contributed by atoms with Gasteiger partial charge in [-0.05, 0) is 36.7 Å². The van der Waals surface area contributed by atoms with Crippen LogP contribution in [0.1, 0.15) is 47.2 Å². The average molecular weight is 275 g/mol. The van der Waals surface area contributed by atoms with Gasteiger partial charge in [-0.2, -0.15) is 0 Å². The molecule has 0 amide bonds. The summed E-state index contributed by atoms with van der Waals surface area (Å²) in [5, 5.41) is 3.19. The molecule has 0 spiro atoms. The topological polar surface area (TPSA) is 37.8 Å². The molecule has 86 valence electrons. The second kappa shape index (κ2) is 3.51. The number of rotatable bonds is 0. The van der Waals surface area contributed by atoms with Crippen LogP contribution >= 0.6 is 15.9 Å². The molecule has 4 heteroatoms. The highest BCUT2D eigenvalue weighted by Crippen LogP contribution is 2.26. The first-order valence-electron chi connectivity index (χ1n) is 5.06. The largest absolute Gasteiger partial charge is 0.297 e. The van der Waals surface area contributed by atoms with Gasteiger partial charge in [-0.15, -0.1) is 0 Å². The maximum atomic E-state index is 12.0. The van der Waals surface area contributed by atoms with Crippen LogP contribution in [0.15, 0.2) is 9.27 Å². The maximum Gasteiger partial charge on any atom is 0.281 e. The summed E-state index contributed by atoms with van der Waals surface area (Å²) in [5.74, 6) is 0. The molecule has 1 rings (SSSR count). The van der Waals surface area contributed by atoms with Gasteiger partial charge < -0.3 is 0 Å². The Balaban J connectivity index is 3.45. The van der Waals surface area contributed by atoms with Gasteiger partial charge in [0, 0.05) is 5.41 Å². The number of H-pyrrole nitrogens is 1.